The van der Waals surface area contributed by atoms with Crippen LogP contribution in [0.4, 0.5) is 0 Å². The lowest BCUT2D eigenvalue weighted by molar-refractivity contribution is 0.322. The lowest BCUT2D eigenvalue weighted by Gasteiger charge is -2.45. The number of hydrogen-bond acceptors (Lipinski definition) is 0. The molecule has 2 bridgehead atoms. The molecule has 1 fully saturated rings. The summed E-state index contributed by atoms with van der Waals surface area (Å²) < 4.78 is 0. The maximum atomic E-state index is 2.66. The van der Waals surface area contributed by atoms with E-state index in [1.807, 2.05) is 5.57 Å². The second kappa shape index (κ2) is 11.7. The van der Waals surface area contributed by atoms with Crippen molar-refractivity contribution in [3.05, 3.63) is 34.9 Å². The van der Waals surface area contributed by atoms with Crippen molar-refractivity contribution in [3.8, 4) is 0 Å². The van der Waals surface area contributed by atoms with Gasteiger partial charge in [-0.1, -0.05) is 69.1 Å². The maximum Gasteiger partial charge on any atom is 0.0654 e. The third-order valence-corrected chi connectivity index (χ3v) is 14.3. The number of hydrogen-bond donors (Lipinski definition) is 0. The molecule has 176 valence electrons. The first-order valence-corrected chi connectivity index (χ1v) is 16.3. The summed E-state index contributed by atoms with van der Waals surface area (Å²) in [6, 6.07) is 0. The largest absolute Gasteiger partial charge is 0.0884 e. The molecule has 0 nitrogen and oxygen atoms in total. The molecule has 0 aromatic rings. The summed E-state index contributed by atoms with van der Waals surface area (Å²) in [5.41, 5.74) is 5.91. The van der Waals surface area contributed by atoms with Gasteiger partial charge in [0.1, 0.15) is 0 Å². The Morgan fingerprint density at radius 3 is 2.58 bits per heavy atom. The zero-order chi connectivity index (χ0) is 22.3. The quantitative estimate of drug-likeness (QED) is 0.220. The summed E-state index contributed by atoms with van der Waals surface area (Å²) in [5.74, 6) is 1.96. The molecule has 0 radical (unpaired) electrons. The summed E-state index contributed by atoms with van der Waals surface area (Å²) in [7, 11) is -0.697. The van der Waals surface area contributed by atoms with Crippen molar-refractivity contribution in [2.75, 3.05) is 24.6 Å². The fourth-order valence-corrected chi connectivity index (χ4v) is 12.9. The minimum atomic E-state index is -0.697. The molecule has 0 aromatic heterocycles. The molecule has 2 aliphatic carbocycles. The van der Waals surface area contributed by atoms with Gasteiger partial charge in [-0.2, -0.15) is 0 Å². The Labute approximate surface area is 195 Å². The highest BCUT2D eigenvalue weighted by Crippen LogP contribution is 2.71. The molecule has 1 saturated heterocycles. The predicted octanol–water partition coefficient (Wildman–Crippen LogP) is 9.82. The van der Waals surface area contributed by atoms with Crippen LogP contribution in [-0.4, -0.2) is 24.6 Å². The second-order valence-electron chi connectivity index (χ2n) is 12.0. The second-order valence-corrected chi connectivity index (χ2v) is 16.2. The van der Waals surface area contributed by atoms with Crippen molar-refractivity contribution < 1.29 is 0 Å². The van der Waals surface area contributed by atoms with Gasteiger partial charge in [-0.05, 0) is 83.5 Å². The summed E-state index contributed by atoms with van der Waals surface area (Å²) >= 11 is 0. The van der Waals surface area contributed by atoms with E-state index in [2.05, 4.69) is 52.8 Å². The Balaban J connectivity index is 1.55. The van der Waals surface area contributed by atoms with E-state index in [-0.39, 0.29) is 0 Å². The first-order valence-electron chi connectivity index (χ1n) is 13.7. The molecule has 2 unspecified atom stereocenters. The SMILES string of the molecule is CCC/C=C/CC[P+]1(CC(C)(CC)CC/C2=C/CCC3=C(C)CC(CC2)C3)CC(C)C1. The average molecular weight is 444 g/mol. The van der Waals surface area contributed by atoms with Crippen LogP contribution in [0.3, 0.4) is 0 Å². The van der Waals surface area contributed by atoms with E-state index in [0.29, 0.717) is 5.41 Å². The van der Waals surface area contributed by atoms with Gasteiger partial charge in [0.2, 0.25) is 0 Å². The minimum absolute atomic E-state index is 0.568. The van der Waals surface area contributed by atoms with Crippen LogP contribution in [0.5, 0.6) is 0 Å². The first kappa shape index (κ1) is 25.3. The number of fused-ring (bicyclic) bond motifs is 2. The Bertz CT molecular complexity index is 660. The van der Waals surface area contributed by atoms with E-state index >= 15 is 0 Å². The highest BCUT2D eigenvalue weighted by atomic mass is 31.2. The monoisotopic (exact) mass is 443 g/mol. The Kier molecular flexibility index (Phi) is 9.52. The lowest BCUT2D eigenvalue weighted by atomic mass is 9.82. The van der Waals surface area contributed by atoms with Crippen LogP contribution in [0.25, 0.3) is 0 Å². The van der Waals surface area contributed by atoms with E-state index in [0.717, 1.165) is 11.8 Å². The molecule has 1 aliphatic heterocycles. The normalized spacial score (nSPS) is 32.7. The maximum absolute atomic E-state index is 2.66. The van der Waals surface area contributed by atoms with E-state index in [4.69, 9.17) is 0 Å². The van der Waals surface area contributed by atoms with Crippen molar-refractivity contribution in [2.24, 2.45) is 17.3 Å². The predicted molar refractivity (Wildman–Crippen MR) is 144 cm³/mol. The van der Waals surface area contributed by atoms with Gasteiger partial charge < -0.3 is 0 Å². The Hall–Kier alpha value is -0.350. The Morgan fingerprint density at radius 1 is 1.10 bits per heavy atom. The Morgan fingerprint density at radius 2 is 1.87 bits per heavy atom. The van der Waals surface area contributed by atoms with E-state index in [1.54, 1.807) is 29.6 Å². The number of unbranched alkanes of at least 4 members (excludes halogenated alkanes) is 1. The van der Waals surface area contributed by atoms with Gasteiger partial charge in [-0.25, -0.2) is 0 Å². The van der Waals surface area contributed by atoms with Gasteiger partial charge in [-0.3, -0.25) is 0 Å². The molecule has 1 heterocycles. The van der Waals surface area contributed by atoms with Crippen LogP contribution in [0, 0.1) is 17.3 Å². The molecule has 0 amide bonds. The van der Waals surface area contributed by atoms with Crippen molar-refractivity contribution in [1.29, 1.82) is 0 Å². The van der Waals surface area contributed by atoms with Crippen LogP contribution in [0.1, 0.15) is 112 Å². The van der Waals surface area contributed by atoms with Crippen LogP contribution in [0.15, 0.2) is 34.9 Å². The summed E-state index contributed by atoms with van der Waals surface area (Å²) in [6.07, 6.45) is 30.2. The van der Waals surface area contributed by atoms with Crippen LogP contribution in [-0.2, 0) is 0 Å². The highest BCUT2D eigenvalue weighted by molar-refractivity contribution is 7.77. The minimum Gasteiger partial charge on any atom is -0.0884 e. The first-order chi connectivity index (χ1) is 14.9. The third kappa shape index (κ3) is 7.32. The number of rotatable bonds is 11. The summed E-state index contributed by atoms with van der Waals surface area (Å²) in [6.45, 7) is 12.3. The van der Waals surface area contributed by atoms with Crippen LogP contribution >= 0.6 is 7.26 Å². The van der Waals surface area contributed by atoms with E-state index < -0.39 is 7.26 Å². The van der Waals surface area contributed by atoms with Crippen molar-refractivity contribution in [3.63, 3.8) is 0 Å². The van der Waals surface area contributed by atoms with Crippen LogP contribution < -0.4 is 0 Å². The smallest absolute Gasteiger partial charge is 0.0654 e. The molecule has 0 aromatic carbocycles. The molecular formula is C30H52P+. The summed E-state index contributed by atoms with van der Waals surface area (Å²) in [5, 5.41) is 0. The topological polar surface area (TPSA) is 0 Å². The van der Waals surface area contributed by atoms with Crippen molar-refractivity contribution in [2.45, 2.75) is 112 Å². The third-order valence-electron chi connectivity index (χ3n) is 8.90. The van der Waals surface area contributed by atoms with E-state index in [1.165, 1.54) is 83.2 Å². The fourth-order valence-electron chi connectivity index (χ4n) is 6.91. The molecule has 31 heavy (non-hydrogen) atoms. The summed E-state index contributed by atoms with van der Waals surface area (Å²) in [4.78, 5) is 0. The molecule has 0 N–H and O–H groups in total. The molecule has 0 saturated carbocycles. The van der Waals surface area contributed by atoms with Gasteiger partial charge in [-0.15, -0.1) is 0 Å². The van der Waals surface area contributed by atoms with Gasteiger partial charge in [0.25, 0.3) is 0 Å². The van der Waals surface area contributed by atoms with Gasteiger partial charge in [0.15, 0.2) is 0 Å². The van der Waals surface area contributed by atoms with Gasteiger partial charge >= 0.3 is 0 Å². The average Bonchev–Trinajstić information content (AvgIpc) is 3.11. The molecule has 0 spiro atoms. The molecule has 3 aliphatic rings. The molecule has 2 atom stereocenters. The van der Waals surface area contributed by atoms with Crippen molar-refractivity contribution >= 4 is 7.26 Å². The molecule has 1 heteroatoms. The standard InChI is InChI=1S/C30H52P/c1-6-8-9-10-11-19-31(22-25(3)23-31)24-30(5,7-2)18-17-27-13-12-14-29-21-28(16-15-27)20-26(29)4/h9-10,13,25,28H,6-8,11-12,14-24H2,1-5H3/q+1/b10-9+,27-13+. The molecule has 3 rings (SSSR count). The highest BCUT2D eigenvalue weighted by Gasteiger charge is 2.51. The number of allylic oxidation sites excluding steroid dienone is 6. The lowest BCUT2D eigenvalue weighted by Crippen LogP contribution is -2.36. The van der Waals surface area contributed by atoms with Crippen LogP contribution in [0.2, 0.25) is 0 Å². The van der Waals surface area contributed by atoms with Gasteiger partial charge in [0.05, 0.1) is 24.6 Å². The molecular weight excluding hydrogens is 391 g/mol. The zero-order valence-electron chi connectivity index (χ0n) is 21.6. The van der Waals surface area contributed by atoms with E-state index in [9.17, 15) is 0 Å². The fraction of sp³-hybridized carbons (Fsp3) is 0.800. The van der Waals surface area contributed by atoms with Crippen molar-refractivity contribution in [1.82, 2.24) is 0 Å². The zero-order valence-corrected chi connectivity index (χ0v) is 22.5. The van der Waals surface area contributed by atoms with Gasteiger partial charge in [0, 0.05) is 18.6 Å².